The maximum absolute atomic E-state index is 9.93. The summed E-state index contributed by atoms with van der Waals surface area (Å²) in [5, 5.41) is 17.8. The first-order valence-electron chi connectivity index (χ1n) is 7.18. The Morgan fingerprint density at radius 3 is 2.78 bits per heavy atom. The van der Waals surface area contributed by atoms with Crippen LogP contribution in [0.2, 0.25) is 0 Å². The molecule has 0 bridgehead atoms. The molecule has 18 heavy (non-hydrogen) atoms. The SMILES string of the molecule is CCC(CC)n1ccc(CC(O)CNC2CC2)n1. The highest BCUT2D eigenvalue weighted by atomic mass is 16.3. The Hall–Kier alpha value is -0.870. The van der Waals surface area contributed by atoms with E-state index in [0.29, 0.717) is 25.0 Å². The third-order valence-electron chi connectivity index (χ3n) is 3.64. The molecule has 0 radical (unpaired) electrons. The zero-order chi connectivity index (χ0) is 13.0. The molecule has 1 aromatic heterocycles. The Morgan fingerprint density at radius 1 is 1.44 bits per heavy atom. The molecule has 1 atom stereocenters. The predicted molar refractivity (Wildman–Crippen MR) is 72.6 cm³/mol. The van der Waals surface area contributed by atoms with Gasteiger partial charge in [0.2, 0.25) is 0 Å². The van der Waals surface area contributed by atoms with E-state index in [0.717, 1.165) is 18.5 Å². The molecule has 0 saturated heterocycles. The number of hydrogen-bond acceptors (Lipinski definition) is 3. The van der Waals surface area contributed by atoms with Crippen molar-refractivity contribution in [2.45, 2.75) is 64.1 Å². The van der Waals surface area contributed by atoms with Crippen LogP contribution < -0.4 is 5.32 Å². The molecule has 0 aliphatic heterocycles. The lowest BCUT2D eigenvalue weighted by Crippen LogP contribution is -2.30. The summed E-state index contributed by atoms with van der Waals surface area (Å²) in [5.41, 5.74) is 0.993. The molecule has 4 heteroatoms. The largest absolute Gasteiger partial charge is 0.391 e. The second-order valence-electron chi connectivity index (χ2n) is 5.30. The van der Waals surface area contributed by atoms with Crippen molar-refractivity contribution in [3.05, 3.63) is 18.0 Å². The van der Waals surface area contributed by atoms with Crippen LogP contribution >= 0.6 is 0 Å². The molecule has 0 amide bonds. The predicted octanol–water partition coefficient (Wildman–Crippen LogP) is 1.90. The van der Waals surface area contributed by atoms with Crippen molar-refractivity contribution in [2.75, 3.05) is 6.54 Å². The number of aromatic nitrogens is 2. The van der Waals surface area contributed by atoms with Crippen molar-refractivity contribution >= 4 is 0 Å². The van der Waals surface area contributed by atoms with E-state index in [9.17, 15) is 5.11 Å². The molecule has 1 fully saturated rings. The summed E-state index contributed by atoms with van der Waals surface area (Å²) in [6.45, 7) is 5.05. The molecular weight excluding hydrogens is 226 g/mol. The maximum atomic E-state index is 9.93. The van der Waals surface area contributed by atoms with Crippen LogP contribution in [0.1, 0.15) is 51.3 Å². The number of rotatable bonds is 8. The zero-order valence-corrected chi connectivity index (χ0v) is 11.5. The van der Waals surface area contributed by atoms with Gasteiger partial charge in [0.05, 0.1) is 17.8 Å². The average Bonchev–Trinajstić information content (AvgIpc) is 3.09. The molecule has 1 aromatic rings. The molecule has 1 aliphatic carbocycles. The van der Waals surface area contributed by atoms with E-state index in [1.807, 2.05) is 16.9 Å². The minimum Gasteiger partial charge on any atom is -0.391 e. The smallest absolute Gasteiger partial charge is 0.0720 e. The van der Waals surface area contributed by atoms with Gasteiger partial charge in [0.15, 0.2) is 0 Å². The number of nitrogens with zero attached hydrogens (tertiary/aromatic N) is 2. The molecule has 4 nitrogen and oxygen atoms in total. The monoisotopic (exact) mass is 251 g/mol. The van der Waals surface area contributed by atoms with Gasteiger partial charge in [-0.15, -0.1) is 0 Å². The molecule has 0 aromatic carbocycles. The van der Waals surface area contributed by atoms with Gasteiger partial charge in [0.25, 0.3) is 0 Å². The highest BCUT2D eigenvalue weighted by molar-refractivity contribution is 5.01. The molecular formula is C14H25N3O. The van der Waals surface area contributed by atoms with E-state index in [2.05, 4.69) is 24.3 Å². The van der Waals surface area contributed by atoms with Gasteiger partial charge in [-0.2, -0.15) is 5.10 Å². The van der Waals surface area contributed by atoms with Crippen molar-refractivity contribution in [3.8, 4) is 0 Å². The second-order valence-corrected chi connectivity index (χ2v) is 5.30. The topological polar surface area (TPSA) is 50.1 Å². The highest BCUT2D eigenvalue weighted by Crippen LogP contribution is 2.18. The number of nitrogens with one attached hydrogen (secondary N) is 1. The van der Waals surface area contributed by atoms with E-state index in [-0.39, 0.29) is 6.10 Å². The van der Waals surface area contributed by atoms with Gasteiger partial charge in [-0.25, -0.2) is 0 Å². The summed E-state index contributed by atoms with van der Waals surface area (Å²) in [7, 11) is 0. The maximum Gasteiger partial charge on any atom is 0.0720 e. The van der Waals surface area contributed by atoms with Crippen LogP contribution in [0.5, 0.6) is 0 Å². The lowest BCUT2D eigenvalue weighted by molar-refractivity contribution is 0.170. The summed E-state index contributed by atoms with van der Waals surface area (Å²) in [5.74, 6) is 0. The minimum absolute atomic E-state index is 0.323. The van der Waals surface area contributed by atoms with Gasteiger partial charge in [-0.3, -0.25) is 4.68 Å². The van der Waals surface area contributed by atoms with Gasteiger partial charge < -0.3 is 10.4 Å². The van der Waals surface area contributed by atoms with Gasteiger partial charge >= 0.3 is 0 Å². The van der Waals surface area contributed by atoms with E-state index in [1.165, 1.54) is 12.8 Å². The number of hydrogen-bond donors (Lipinski definition) is 2. The van der Waals surface area contributed by atoms with Crippen LogP contribution in [0.15, 0.2) is 12.3 Å². The summed E-state index contributed by atoms with van der Waals surface area (Å²) >= 11 is 0. The fourth-order valence-electron chi connectivity index (χ4n) is 2.26. The molecule has 1 heterocycles. The molecule has 1 aliphatic rings. The Morgan fingerprint density at radius 2 is 2.17 bits per heavy atom. The molecule has 1 unspecified atom stereocenters. The Kier molecular flexibility index (Phi) is 4.78. The Balaban J connectivity index is 1.80. The summed E-state index contributed by atoms with van der Waals surface area (Å²) in [6, 6.07) is 3.17. The fraction of sp³-hybridized carbons (Fsp3) is 0.786. The zero-order valence-electron chi connectivity index (χ0n) is 11.5. The normalized spacial score (nSPS) is 17.3. The molecule has 102 valence electrons. The van der Waals surface area contributed by atoms with E-state index in [4.69, 9.17) is 0 Å². The first kappa shape index (κ1) is 13.6. The molecule has 1 saturated carbocycles. The van der Waals surface area contributed by atoms with Gasteiger partial charge in [-0.1, -0.05) is 13.8 Å². The van der Waals surface area contributed by atoms with Gasteiger partial charge in [-0.05, 0) is 31.7 Å². The van der Waals surface area contributed by atoms with Crippen LogP contribution in [-0.4, -0.2) is 33.6 Å². The molecule has 0 spiro atoms. The number of aliphatic hydroxyl groups is 1. The lowest BCUT2D eigenvalue weighted by atomic mass is 10.2. The third-order valence-corrected chi connectivity index (χ3v) is 3.64. The Labute approximate surface area is 109 Å². The van der Waals surface area contributed by atoms with Crippen molar-refractivity contribution in [1.82, 2.24) is 15.1 Å². The first-order valence-corrected chi connectivity index (χ1v) is 7.18. The van der Waals surface area contributed by atoms with Crippen molar-refractivity contribution in [1.29, 1.82) is 0 Å². The van der Waals surface area contributed by atoms with Gasteiger partial charge in [0.1, 0.15) is 0 Å². The number of aliphatic hydroxyl groups excluding tert-OH is 1. The van der Waals surface area contributed by atoms with E-state index < -0.39 is 0 Å². The summed E-state index contributed by atoms with van der Waals surface area (Å²) in [4.78, 5) is 0. The van der Waals surface area contributed by atoms with Crippen LogP contribution in [0.4, 0.5) is 0 Å². The van der Waals surface area contributed by atoms with Crippen LogP contribution in [0, 0.1) is 0 Å². The second kappa shape index (κ2) is 6.34. The molecule has 2 rings (SSSR count). The summed E-state index contributed by atoms with van der Waals surface area (Å²) < 4.78 is 2.04. The quantitative estimate of drug-likeness (QED) is 0.742. The highest BCUT2D eigenvalue weighted by Gasteiger charge is 2.21. The van der Waals surface area contributed by atoms with Crippen LogP contribution in [0.3, 0.4) is 0 Å². The van der Waals surface area contributed by atoms with Crippen molar-refractivity contribution in [3.63, 3.8) is 0 Å². The van der Waals surface area contributed by atoms with Crippen LogP contribution in [0.25, 0.3) is 0 Å². The van der Waals surface area contributed by atoms with E-state index >= 15 is 0 Å². The average molecular weight is 251 g/mol. The van der Waals surface area contributed by atoms with Gasteiger partial charge in [0, 0.05) is 25.2 Å². The summed E-state index contributed by atoms with van der Waals surface area (Å²) in [6.07, 6.45) is 7.08. The first-order chi connectivity index (χ1) is 8.72. The minimum atomic E-state index is -0.323. The van der Waals surface area contributed by atoms with Crippen molar-refractivity contribution in [2.24, 2.45) is 0 Å². The fourth-order valence-corrected chi connectivity index (χ4v) is 2.26. The standard InChI is InChI=1S/C14H25N3O/c1-3-13(4-2)17-8-7-12(16-17)9-14(18)10-15-11-5-6-11/h7-8,11,13-15,18H,3-6,9-10H2,1-2H3. The third kappa shape index (κ3) is 3.82. The van der Waals surface area contributed by atoms with Crippen molar-refractivity contribution < 1.29 is 5.11 Å². The lowest BCUT2D eigenvalue weighted by Gasteiger charge is -2.13. The van der Waals surface area contributed by atoms with E-state index in [1.54, 1.807) is 0 Å². The molecule has 2 N–H and O–H groups in total. The van der Waals surface area contributed by atoms with Crippen LogP contribution in [-0.2, 0) is 6.42 Å². The Bertz CT molecular complexity index is 356.